The molecule has 1 atom stereocenters. The van der Waals surface area contributed by atoms with Crippen molar-refractivity contribution in [2.75, 3.05) is 0 Å². The van der Waals surface area contributed by atoms with Gasteiger partial charge in [-0.2, -0.15) is 13.2 Å². The zero-order chi connectivity index (χ0) is 17.2. The third-order valence-corrected chi connectivity index (χ3v) is 3.77. The van der Waals surface area contributed by atoms with Crippen LogP contribution in [0.3, 0.4) is 0 Å². The van der Waals surface area contributed by atoms with Crippen molar-refractivity contribution in [3.8, 4) is 10.8 Å². The van der Waals surface area contributed by atoms with Crippen LogP contribution in [0.2, 0.25) is 0 Å². The minimum atomic E-state index is -4.72. The van der Waals surface area contributed by atoms with E-state index in [1.807, 2.05) is 5.32 Å². The lowest BCUT2D eigenvalue weighted by Gasteiger charge is -2.15. The molecular formula is C13H11F3N2O4S. The number of carboxylic acid groups (broad SMARTS) is 1. The van der Waals surface area contributed by atoms with E-state index in [0.29, 0.717) is 15.6 Å². The Kier molecular flexibility index (Phi) is 4.73. The van der Waals surface area contributed by atoms with Gasteiger partial charge in [-0.25, -0.2) is 9.78 Å². The van der Waals surface area contributed by atoms with Crippen molar-refractivity contribution in [2.24, 2.45) is 0 Å². The summed E-state index contributed by atoms with van der Waals surface area (Å²) in [5, 5.41) is 11.0. The smallest absolute Gasteiger partial charge is 0.391 e. The first-order valence-corrected chi connectivity index (χ1v) is 7.11. The number of thiazole rings is 1. The SMILES string of the molecule is Cc1sc(-c2ccco2)nc1C(=O)NC(CC(F)(F)F)C(=O)O. The Balaban J connectivity index is 2.18. The molecule has 2 N–H and O–H groups in total. The van der Waals surface area contributed by atoms with Gasteiger partial charge in [-0.1, -0.05) is 0 Å². The fourth-order valence-electron chi connectivity index (χ4n) is 1.77. The van der Waals surface area contributed by atoms with E-state index in [4.69, 9.17) is 9.52 Å². The lowest BCUT2D eigenvalue weighted by molar-refractivity contribution is -0.157. The maximum Gasteiger partial charge on any atom is 0.391 e. The molecule has 2 heterocycles. The fraction of sp³-hybridized carbons (Fsp3) is 0.308. The van der Waals surface area contributed by atoms with E-state index >= 15 is 0 Å². The van der Waals surface area contributed by atoms with Gasteiger partial charge in [-0.05, 0) is 19.1 Å². The number of carboxylic acids is 1. The number of nitrogens with one attached hydrogen (secondary N) is 1. The average Bonchev–Trinajstić information content (AvgIpc) is 3.04. The topological polar surface area (TPSA) is 92.4 Å². The number of carbonyl (C=O) groups excluding carboxylic acids is 1. The number of hydrogen-bond acceptors (Lipinski definition) is 5. The molecule has 0 radical (unpaired) electrons. The van der Waals surface area contributed by atoms with E-state index in [1.54, 1.807) is 19.1 Å². The van der Waals surface area contributed by atoms with Gasteiger partial charge < -0.3 is 14.8 Å². The number of alkyl halides is 3. The molecule has 0 spiro atoms. The molecule has 2 aromatic rings. The molecule has 1 amide bonds. The molecule has 23 heavy (non-hydrogen) atoms. The summed E-state index contributed by atoms with van der Waals surface area (Å²) < 4.78 is 42.2. The first kappa shape index (κ1) is 17.0. The van der Waals surface area contributed by atoms with Gasteiger partial charge in [0.2, 0.25) is 0 Å². The van der Waals surface area contributed by atoms with Crippen LogP contribution in [0.5, 0.6) is 0 Å². The van der Waals surface area contributed by atoms with E-state index in [-0.39, 0.29) is 5.69 Å². The summed E-state index contributed by atoms with van der Waals surface area (Å²) in [7, 11) is 0. The Hall–Kier alpha value is -2.36. The highest BCUT2D eigenvalue weighted by molar-refractivity contribution is 7.15. The fourth-order valence-corrected chi connectivity index (χ4v) is 2.65. The minimum absolute atomic E-state index is 0.130. The predicted octanol–water partition coefficient (Wildman–Crippen LogP) is 2.85. The van der Waals surface area contributed by atoms with Crippen molar-refractivity contribution < 1.29 is 32.3 Å². The van der Waals surface area contributed by atoms with Crippen molar-refractivity contribution in [2.45, 2.75) is 25.6 Å². The molecule has 2 aromatic heterocycles. The third kappa shape index (κ3) is 4.31. The molecule has 0 aliphatic rings. The molecule has 0 saturated heterocycles. The Bertz CT molecular complexity index is 709. The first-order valence-electron chi connectivity index (χ1n) is 6.29. The number of furan rings is 1. The Morgan fingerprint density at radius 1 is 1.48 bits per heavy atom. The second kappa shape index (κ2) is 6.41. The third-order valence-electron chi connectivity index (χ3n) is 2.78. The van der Waals surface area contributed by atoms with Crippen molar-refractivity contribution in [3.05, 3.63) is 29.0 Å². The number of carbonyl (C=O) groups is 2. The van der Waals surface area contributed by atoms with Crippen LogP contribution >= 0.6 is 11.3 Å². The van der Waals surface area contributed by atoms with Crippen LogP contribution < -0.4 is 5.32 Å². The highest BCUT2D eigenvalue weighted by Crippen LogP contribution is 2.28. The molecule has 124 valence electrons. The number of amides is 1. The molecule has 0 bridgehead atoms. The molecule has 0 saturated carbocycles. The monoisotopic (exact) mass is 348 g/mol. The van der Waals surface area contributed by atoms with Crippen LogP contribution in [0.1, 0.15) is 21.8 Å². The summed E-state index contributed by atoms with van der Waals surface area (Å²) >= 11 is 1.11. The molecule has 6 nitrogen and oxygen atoms in total. The van der Waals surface area contributed by atoms with Crippen LogP contribution in [0.15, 0.2) is 22.8 Å². The molecule has 2 rings (SSSR count). The zero-order valence-corrected chi connectivity index (χ0v) is 12.5. The largest absolute Gasteiger partial charge is 0.480 e. The van der Waals surface area contributed by atoms with Crippen molar-refractivity contribution in [3.63, 3.8) is 0 Å². The van der Waals surface area contributed by atoms with Crippen LogP contribution in [-0.4, -0.2) is 34.2 Å². The average molecular weight is 348 g/mol. The zero-order valence-electron chi connectivity index (χ0n) is 11.7. The molecular weight excluding hydrogens is 337 g/mol. The van der Waals surface area contributed by atoms with Gasteiger partial charge in [0.25, 0.3) is 5.91 Å². The highest BCUT2D eigenvalue weighted by Gasteiger charge is 2.36. The molecule has 0 aromatic carbocycles. The van der Waals surface area contributed by atoms with Gasteiger partial charge in [-0.15, -0.1) is 11.3 Å². The van der Waals surface area contributed by atoms with E-state index in [2.05, 4.69) is 4.98 Å². The number of hydrogen-bond donors (Lipinski definition) is 2. The number of aryl methyl sites for hydroxylation is 1. The highest BCUT2D eigenvalue weighted by atomic mass is 32.1. The second-order valence-corrected chi connectivity index (χ2v) is 5.79. The normalized spacial score (nSPS) is 12.9. The summed E-state index contributed by atoms with van der Waals surface area (Å²) in [4.78, 5) is 27.3. The standard InChI is InChI=1S/C13H11F3N2O4S/c1-6-9(18-11(23-6)8-3-2-4-22-8)10(19)17-7(12(20)21)5-13(14,15)16/h2-4,7H,5H2,1H3,(H,17,19)(H,20,21). The maximum absolute atomic E-state index is 12.3. The van der Waals surface area contributed by atoms with E-state index in [9.17, 15) is 22.8 Å². The van der Waals surface area contributed by atoms with Gasteiger partial charge in [-0.3, -0.25) is 4.79 Å². The van der Waals surface area contributed by atoms with Crippen LogP contribution in [0.25, 0.3) is 10.8 Å². The van der Waals surface area contributed by atoms with E-state index in [0.717, 1.165) is 11.3 Å². The van der Waals surface area contributed by atoms with Gasteiger partial charge in [0, 0.05) is 4.88 Å². The van der Waals surface area contributed by atoms with Gasteiger partial charge in [0.1, 0.15) is 11.7 Å². The van der Waals surface area contributed by atoms with E-state index < -0.39 is 30.5 Å². The Morgan fingerprint density at radius 3 is 2.70 bits per heavy atom. The number of aliphatic carboxylic acids is 1. The quantitative estimate of drug-likeness (QED) is 0.867. The lowest BCUT2D eigenvalue weighted by Crippen LogP contribution is -2.43. The van der Waals surface area contributed by atoms with Gasteiger partial charge in [0.05, 0.1) is 12.7 Å². The van der Waals surface area contributed by atoms with Crippen molar-refractivity contribution in [1.82, 2.24) is 10.3 Å². The van der Waals surface area contributed by atoms with Crippen LogP contribution in [0, 0.1) is 6.92 Å². The Morgan fingerprint density at radius 2 is 2.17 bits per heavy atom. The summed E-state index contributed by atoms with van der Waals surface area (Å²) in [6.45, 7) is 1.55. The van der Waals surface area contributed by atoms with Crippen LogP contribution in [0.4, 0.5) is 13.2 Å². The second-order valence-electron chi connectivity index (χ2n) is 4.58. The molecule has 0 aliphatic carbocycles. The summed E-state index contributed by atoms with van der Waals surface area (Å²) in [5.74, 6) is -2.34. The van der Waals surface area contributed by atoms with Gasteiger partial charge in [0.15, 0.2) is 10.8 Å². The van der Waals surface area contributed by atoms with Crippen molar-refractivity contribution in [1.29, 1.82) is 0 Å². The summed E-state index contributed by atoms with van der Waals surface area (Å²) in [5.41, 5.74) is -0.130. The van der Waals surface area contributed by atoms with Crippen molar-refractivity contribution >= 4 is 23.2 Å². The Labute approximate surface area is 131 Å². The number of aromatic nitrogens is 1. The first-order chi connectivity index (χ1) is 10.7. The summed E-state index contributed by atoms with van der Waals surface area (Å²) in [6, 6.07) is 1.16. The van der Waals surface area contributed by atoms with Gasteiger partial charge >= 0.3 is 12.1 Å². The predicted molar refractivity (Wildman–Crippen MR) is 74.1 cm³/mol. The van der Waals surface area contributed by atoms with E-state index in [1.165, 1.54) is 6.26 Å². The number of nitrogens with zero attached hydrogens (tertiary/aromatic N) is 1. The molecule has 10 heteroatoms. The lowest BCUT2D eigenvalue weighted by atomic mass is 10.2. The molecule has 0 fully saturated rings. The number of halogens is 3. The molecule has 0 aliphatic heterocycles. The van der Waals surface area contributed by atoms with Crippen LogP contribution in [-0.2, 0) is 4.79 Å². The molecule has 1 unspecified atom stereocenters. The minimum Gasteiger partial charge on any atom is -0.480 e. The maximum atomic E-state index is 12.3. The number of rotatable bonds is 5. The summed E-state index contributed by atoms with van der Waals surface area (Å²) in [6.07, 6.45) is -4.97.